The van der Waals surface area contributed by atoms with Crippen LogP contribution in [0.25, 0.3) is 22.2 Å². The van der Waals surface area contributed by atoms with E-state index in [0.29, 0.717) is 49.2 Å². The Balaban J connectivity index is 1.72. The largest absolute Gasteiger partial charge is 0.465 e. The summed E-state index contributed by atoms with van der Waals surface area (Å²) in [5.74, 6) is -0.0419. The maximum absolute atomic E-state index is 13.9. The number of pyridine rings is 1. The van der Waals surface area contributed by atoms with Crippen LogP contribution in [0.1, 0.15) is 30.7 Å². The Bertz CT molecular complexity index is 1320. The van der Waals surface area contributed by atoms with E-state index in [9.17, 15) is 23.1 Å². The number of fused-ring (bicyclic) bond motifs is 1. The van der Waals surface area contributed by atoms with Crippen molar-refractivity contribution in [2.45, 2.75) is 38.9 Å². The molecule has 0 radical (unpaired) electrons. The lowest BCUT2D eigenvalue weighted by Crippen LogP contribution is -2.56. The normalized spacial score (nSPS) is 15.5. The standard InChI is InChI=1S/C24H26ClF3N6O2/c1-13-8-19(29)32-21(20(13)24(26,27)28)14-10-17-15(9-16(14)25)18(31-12-30-17)11-23(2,3)34-6-4-33(5-7-34)22(35)36/h8-10,12H,4-7,11H2,1-3H3,(H2,29,32)(H,35,36). The summed E-state index contributed by atoms with van der Waals surface area (Å²) in [5.41, 5.74) is 5.32. The van der Waals surface area contributed by atoms with Gasteiger partial charge in [0.05, 0.1) is 27.5 Å². The van der Waals surface area contributed by atoms with Crippen LogP contribution >= 0.6 is 11.6 Å². The van der Waals surface area contributed by atoms with Gasteiger partial charge in [-0.05, 0) is 44.5 Å². The van der Waals surface area contributed by atoms with E-state index in [1.165, 1.54) is 30.3 Å². The molecule has 3 N–H and O–H groups in total. The van der Waals surface area contributed by atoms with Crippen LogP contribution in [-0.4, -0.2) is 67.7 Å². The molecule has 0 bridgehead atoms. The fourth-order valence-corrected chi connectivity index (χ4v) is 4.98. The molecule has 0 aliphatic carbocycles. The first-order chi connectivity index (χ1) is 16.8. The number of anilines is 1. The van der Waals surface area contributed by atoms with E-state index in [-0.39, 0.29) is 33.2 Å². The summed E-state index contributed by atoms with van der Waals surface area (Å²) in [7, 11) is 0. The second-order valence-corrected chi connectivity index (χ2v) is 9.91. The number of nitrogens with zero attached hydrogens (tertiary/aromatic N) is 5. The van der Waals surface area contributed by atoms with E-state index in [4.69, 9.17) is 17.3 Å². The van der Waals surface area contributed by atoms with Gasteiger partial charge in [0.1, 0.15) is 12.1 Å². The molecule has 192 valence electrons. The number of alkyl halides is 3. The molecule has 1 amide bonds. The first-order valence-corrected chi connectivity index (χ1v) is 11.7. The highest BCUT2D eigenvalue weighted by Crippen LogP contribution is 2.42. The number of nitrogens with two attached hydrogens (primary N) is 1. The summed E-state index contributed by atoms with van der Waals surface area (Å²) >= 11 is 6.53. The molecule has 0 spiro atoms. The van der Waals surface area contributed by atoms with Crippen molar-refractivity contribution in [1.82, 2.24) is 24.8 Å². The maximum atomic E-state index is 13.9. The zero-order chi connectivity index (χ0) is 26.4. The Morgan fingerprint density at radius 1 is 1.14 bits per heavy atom. The predicted molar refractivity (Wildman–Crippen MR) is 131 cm³/mol. The van der Waals surface area contributed by atoms with Crippen molar-refractivity contribution >= 4 is 34.4 Å². The average Bonchev–Trinajstić information content (AvgIpc) is 2.77. The van der Waals surface area contributed by atoms with Crippen LogP contribution < -0.4 is 5.73 Å². The number of rotatable bonds is 4. The molecule has 3 aromatic rings. The molecule has 1 aliphatic heterocycles. The first kappa shape index (κ1) is 25.9. The SMILES string of the molecule is Cc1cc(N)nc(-c2cc3ncnc(CC(C)(C)N4CCN(C(=O)O)CC4)c3cc2Cl)c1C(F)(F)F. The number of benzene rings is 1. The quantitative estimate of drug-likeness (QED) is 0.503. The second-order valence-electron chi connectivity index (χ2n) is 9.50. The van der Waals surface area contributed by atoms with Gasteiger partial charge in [-0.25, -0.2) is 19.7 Å². The topological polar surface area (TPSA) is 108 Å². The van der Waals surface area contributed by atoms with Crippen molar-refractivity contribution in [1.29, 1.82) is 0 Å². The number of carboxylic acid groups (broad SMARTS) is 1. The minimum Gasteiger partial charge on any atom is -0.465 e. The lowest BCUT2D eigenvalue weighted by atomic mass is 9.92. The summed E-state index contributed by atoms with van der Waals surface area (Å²) in [6, 6.07) is 4.23. The summed E-state index contributed by atoms with van der Waals surface area (Å²) in [6.45, 7) is 7.39. The Morgan fingerprint density at radius 2 is 1.81 bits per heavy atom. The molecule has 12 heteroatoms. The van der Waals surface area contributed by atoms with Crippen LogP contribution in [0.3, 0.4) is 0 Å². The van der Waals surface area contributed by atoms with E-state index in [2.05, 4.69) is 19.9 Å². The molecule has 1 aromatic carbocycles. The van der Waals surface area contributed by atoms with Gasteiger partial charge in [0.2, 0.25) is 0 Å². The number of hydrogen-bond donors (Lipinski definition) is 2. The minimum atomic E-state index is -4.65. The van der Waals surface area contributed by atoms with Gasteiger partial charge >= 0.3 is 12.3 Å². The van der Waals surface area contributed by atoms with Crippen LogP contribution in [0.15, 0.2) is 24.5 Å². The van der Waals surface area contributed by atoms with Crippen LogP contribution in [0, 0.1) is 6.92 Å². The molecular weight excluding hydrogens is 497 g/mol. The molecule has 2 aromatic heterocycles. The van der Waals surface area contributed by atoms with Crippen LogP contribution in [0.4, 0.5) is 23.8 Å². The summed E-state index contributed by atoms with van der Waals surface area (Å²) in [5, 5.41) is 9.91. The molecule has 3 heterocycles. The second kappa shape index (κ2) is 9.36. The Hall–Kier alpha value is -3.18. The van der Waals surface area contributed by atoms with Gasteiger partial charge in [-0.1, -0.05) is 11.6 Å². The number of carbonyl (C=O) groups is 1. The first-order valence-electron chi connectivity index (χ1n) is 11.3. The van der Waals surface area contributed by atoms with Crippen molar-refractivity contribution in [3.8, 4) is 11.3 Å². The third-order valence-corrected chi connectivity index (χ3v) is 6.90. The number of nitrogen functional groups attached to an aromatic ring is 1. The summed E-state index contributed by atoms with van der Waals surface area (Å²) in [6.07, 6.45) is -3.71. The number of aromatic nitrogens is 3. The highest BCUT2D eigenvalue weighted by molar-refractivity contribution is 6.34. The Kier molecular flexibility index (Phi) is 6.74. The van der Waals surface area contributed by atoms with Crippen molar-refractivity contribution in [2.75, 3.05) is 31.9 Å². The van der Waals surface area contributed by atoms with Gasteiger partial charge in [0.15, 0.2) is 0 Å². The average molecular weight is 523 g/mol. The van der Waals surface area contributed by atoms with Crippen molar-refractivity contribution in [3.63, 3.8) is 0 Å². The zero-order valence-corrected chi connectivity index (χ0v) is 20.8. The van der Waals surface area contributed by atoms with Crippen molar-refractivity contribution < 1.29 is 23.1 Å². The number of hydrogen-bond acceptors (Lipinski definition) is 6. The van der Waals surface area contributed by atoms with E-state index in [0.717, 1.165) is 0 Å². The van der Waals surface area contributed by atoms with Crippen molar-refractivity contribution in [3.05, 3.63) is 46.4 Å². The molecule has 36 heavy (non-hydrogen) atoms. The molecular formula is C24H26ClF3N6O2. The van der Waals surface area contributed by atoms with E-state index in [1.54, 1.807) is 6.07 Å². The molecule has 1 saturated heterocycles. The van der Waals surface area contributed by atoms with E-state index < -0.39 is 17.8 Å². The zero-order valence-electron chi connectivity index (χ0n) is 20.0. The molecule has 0 atom stereocenters. The highest BCUT2D eigenvalue weighted by Gasteiger charge is 2.37. The fraction of sp³-hybridized carbons (Fsp3) is 0.417. The molecule has 0 unspecified atom stereocenters. The van der Waals surface area contributed by atoms with Gasteiger partial charge in [-0.3, -0.25) is 4.90 Å². The summed E-state index contributed by atoms with van der Waals surface area (Å²) < 4.78 is 41.6. The van der Waals surface area contributed by atoms with Gasteiger partial charge < -0.3 is 15.7 Å². The molecule has 4 rings (SSSR count). The van der Waals surface area contributed by atoms with Crippen LogP contribution in [0.2, 0.25) is 5.02 Å². The van der Waals surface area contributed by atoms with Gasteiger partial charge in [-0.2, -0.15) is 13.2 Å². The molecule has 8 nitrogen and oxygen atoms in total. The van der Waals surface area contributed by atoms with E-state index >= 15 is 0 Å². The van der Waals surface area contributed by atoms with E-state index in [1.807, 2.05) is 13.8 Å². The third kappa shape index (κ3) is 5.03. The number of aryl methyl sites for hydroxylation is 1. The van der Waals surface area contributed by atoms with Gasteiger partial charge in [0, 0.05) is 49.1 Å². The number of amides is 1. The Morgan fingerprint density at radius 3 is 2.42 bits per heavy atom. The van der Waals surface area contributed by atoms with Gasteiger partial charge in [-0.15, -0.1) is 0 Å². The van der Waals surface area contributed by atoms with Crippen LogP contribution in [0.5, 0.6) is 0 Å². The number of piperazine rings is 1. The molecule has 0 saturated carbocycles. The molecule has 1 aliphatic rings. The maximum Gasteiger partial charge on any atom is 0.418 e. The predicted octanol–water partition coefficient (Wildman–Crippen LogP) is 4.87. The smallest absolute Gasteiger partial charge is 0.418 e. The lowest BCUT2D eigenvalue weighted by molar-refractivity contribution is -0.137. The lowest BCUT2D eigenvalue weighted by Gasteiger charge is -2.43. The Labute approximate surface area is 210 Å². The molecule has 1 fully saturated rings. The van der Waals surface area contributed by atoms with Crippen molar-refractivity contribution in [2.24, 2.45) is 0 Å². The fourth-order valence-electron chi connectivity index (χ4n) is 4.73. The highest BCUT2D eigenvalue weighted by atomic mass is 35.5. The van der Waals surface area contributed by atoms with Crippen LogP contribution in [-0.2, 0) is 12.6 Å². The van der Waals surface area contributed by atoms with Gasteiger partial charge in [0.25, 0.3) is 0 Å². The summed E-state index contributed by atoms with van der Waals surface area (Å²) in [4.78, 5) is 27.5. The monoisotopic (exact) mass is 522 g/mol. The minimum absolute atomic E-state index is 0.0419. The third-order valence-electron chi connectivity index (χ3n) is 6.59. The number of halogens is 4.